The van der Waals surface area contributed by atoms with Crippen LogP contribution in [0.15, 0.2) is 0 Å². The third-order valence-electron chi connectivity index (χ3n) is 3.96. The molecule has 1 fully saturated rings. The third kappa shape index (κ3) is 2.76. The minimum absolute atomic E-state index is 0.179. The SMILES string of the molecule is CCOC1CC(N[C@H](CO)C(C)C)C1(C)C. The predicted octanol–water partition coefficient (Wildman–Crippen LogP) is 1.80. The highest BCUT2D eigenvalue weighted by atomic mass is 16.5. The van der Waals surface area contributed by atoms with Crippen LogP contribution in [0.4, 0.5) is 0 Å². The van der Waals surface area contributed by atoms with E-state index in [9.17, 15) is 5.11 Å². The summed E-state index contributed by atoms with van der Waals surface area (Å²) in [7, 11) is 0. The van der Waals surface area contributed by atoms with Crippen molar-refractivity contribution in [2.75, 3.05) is 13.2 Å². The molecule has 0 saturated heterocycles. The molecule has 0 aromatic rings. The zero-order valence-corrected chi connectivity index (χ0v) is 11.3. The summed E-state index contributed by atoms with van der Waals surface area (Å²) >= 11 is 0. The summed E-state index contributed by atoms with van der Waals surface area (Å²) in [5.41, 5.74) is 0.179. The monoisotopic (exact) mass is 229 g/mol. The van der Waals surface area contributed by atoms with Gasteiger partial charge < -0.3 is 15.2 Å². The average molecular weight is 229 g/mol. The quantitative estimate of drug-likeness (QED) is 0.729. The van der Waals surface area contributed by atoms with Crippen LogP contribution in [0.5, 0.6) is 0 Å². The highest BCUT2D eigenvalue weighted by Crippen LogP contribution is 2.43. The molecule has 0 aromatic heterocycles. The summed E-state index contributed by atoms with van der Waals surface area (Å²) in [4.78, 5) is 0. The maximum atomic E-state index is 9.31. The van der Waals surface area contributed by atoms with Crippen LogP contribution in [0, 0.1) is 11.3 Å². The normalized spacial score (nSPS) is 30.2. The molecule has 2 N–H and O–H groups in total. The van der Waals surface area contributed by atoms with Crippen molar-refractivity contribution in [1.29, 1.82) is 0 Å². The first-order valence-electron chi connectivity index (χ1n) is 6.42. The molecule has 0 aromatic carbocycles. The van der Waals surface area contributed by atoms with Crippen molar-refractivity contribution in [3.8, 4) is 0 Å². The van der Waals surface area contributed by atoms with E-state index in [2.05, 4.69) is 33.0 Å². The summed E-state index contributed by atoms with van der Waals surface area (Å²) < 4.78 is 5.70. The van der Waals surface area contributed by atoms with E-state index >= 15 is 0 Å². The highest BCUT2D eigenvalue weighted by Gasteiger charge is 2.49. The predicted molar refractivity (Wildman–Crippen MR) is 66.4 cm³/mol. The second kappa shape index (κ2) is 5.48. The van der Waals surface area contributed by atoms with Crippen molar-refractivity contribution in [2.45, 2.75) is 59.2 Å². The van der Waals surface area contributed by atoms with Crippen LogP contribution in [0.2, 0.25) is 0 Å². The fourth-order valence-electron chi connectivity index (χ4n) is 2.37. The van der Waals surface area contributed by atoms with Crippen molar-refractivity contribution in [1.82, 2.24) is 5.32 Å². The molecule has 3 heteroatoms. The van der Waals surface area contributed by atoms with Gasteiger partial charge in [0.05, 0.1) is 12.7 Å². The number of aliphatic hydroxyl groups excluding tert-OH is 1. The molecule has 0 spiro atoms. The zero-order chi connectivity index (χ0) is 12.3. The van der Waals surface area contributed by atoms with Crippen LogP contribution in [0.1, 0.15) is 41.0 Å². The van der Waals surface area contributed by atoms with Gasteiger partial charge in [0, 0.05) is 24.1 Å². The van der Waals surface area contributed by atoms with E-state index in [1.807, 2.05) is 6.92 Å². The second-order valence-electron chi connectivity index (χ2n) is 5.75. The molecule has 3 nitrogen and oxygen atoms in total. The molecule has 0 amide bonds. The molecule has 0 heterocycles. The van der Waals surface area contributed by atoms with Gasteiger partial charge >= 0.3 is 0 Å². The third-order valence-corrected chi connectivity index (χ3v) is 3.96. The molecule has 2 unspecified atom stereocenters. The fraction of sp³-hybridized carbons (Fsp3) is 1.00. The summed E-state index contributed by atoms with van der Waals surface area (Å²) in [6, 6.07) is 0.662. The van der Waals surface area contributed by atoms with Crippen molar-refractivity contribution < 1.29 is 9.84 Å². The van der Waals surface area contributed by atoms with Crippen molar-refractivity contribution in [2.24, 2.45) is 11.3 Å². The first kappa shape index (κ1) is 13.9. The standard InChI is InChI=1S/C13H27NO2/c1-6-16-12-7-11(13(12,4)5)14-10(8-15)9(2)3/h9-12,14-15H,6-8H2,1-5H3/t10-,11?,12?/m1/s1. The van der Waals surface area contributed by atoms with Gasteiger partial charge in [0.25, 0.3) is 0 Å². The Morgan fingerprint density at radius 1 is 1.44 bits per heavy atom. The van der Waals surface area contributed by atoms with E-state index in [1.165, 1.54) is 0 Å². The first-order valence-corrected chi connectivity index (χ1v) is 6.42. The van der Waals surface area contributed by atoms with Gasteiger partial charge in [-0.2, -0.15) is 0 Å². The van der Waals surface area contributed by atoms with Gasteiger partial charge in [-0.3, -0.25) is 0 Å². The average Bonchev–Trinajstić information content (AvgIpc) is 2.22. The van der Waals surface area contributed by atoms with E-state index in [1.54, 1.807) is 0 Å². The second-order valence-corrected chi connectivity index (χ2v) is 5.75. The molecule has 3 atom stereocenters. The molecule has 16 heavy (non-hydrogen) atoms. The molecule has 1 aliphatic rings. The summed E-state index contributed by atoms with van der Waals surface area (Å²) in [6.07, 6.45) is 1.42. The van der Waals surface area contributed by atoms with Crippen LogP contribution >= 0.6 is 0 Å². The van der Waals surface area contributed by atoms with E-state index in [4.69, 9.17) is 4.74 Å². The zero-order valence-electron chi connectivity index (χ0n) is 11.3. The van der Waals surface area contributed by atoms with Gasteiger partial charge in [0.1, 0.15) is 0 Å². The number of hydrogen-bond acceptors (Lipinski definition) is 3. The smallest absolute Gasteiger partial charge is 0.0655 e. The summed E-state index contributed by atoms with van der Waals surface area (Å²) in [5, 5.41) is 12.9. The number of aliphatic hydroxyl groups is 1. The summed E-state index contributed by atoms with van der Waals surface area (Å²) in [5.74, 6) is 0.465. The largest absolute Gasteiger partial charge is 0.395 e. The molecule has 0 bridgehead atoms. The minimum Gasteiger partial charge on any atom is -0.395 e. The Bertz CT molecular complexity index is 216. The van der Waals surface area contributed by atoms with Crippen LogP contribution < -0.4 is 5.32 Å². The number of ether oxygens (including phenoxy) is 1. The van der Waals surface area contributed by atoms with Crippen molar-refractivity contribution >= 4 is 0 Å². The van der Waals surface area contributed by atoms with Gasteiger partial charge in [0.2, 0.25) is 0 Å². The summed E-state index contributed by atoms with van der Waals surface area (Å²) in [6.45, 7) is 11.8. The number of hydrogen-bond donors (Lipinski definition) is 2. The molecular weight excluding hydrogens is 202 g/mol. The molecular formula is C13H27NO2. The molecule has 1 aliphatic carbocycles. The van der Waals surface area contributed by atoms with E-state index in [-0.39, 0.29) is 18.1 Å². The molecule has 1 rings (SSSR count). The van der Waals surface area contributed by atoms with Crippen LogP contribution in [0.3, 0.4) is 0 Å². The highest BCUT2D eigenvalue weighted by molar-refractivity contribution is 5.03. The first-order chi connectivity index (χ1) is 7.43. The lowest BCUT2D eigenvalue weighted by atomic mass is 9.64. The van der Waals surface area contributed by atoms with Gasteiger partial charge in [-0.05, 0) is 19.3 Å². The van der Waals surface area contributed by atoms with E-state index in [0.29, 0.717) is 18.1 Å². The van der Waals surface area contributed by atoms with Gasteiger partial charge in [-0.15, -0.1) is 0 Å². The Kier molecular flexibility index (Phi) is 4.77. The Morgan fingerprint density at radius 2 is 2.06 bits per heavy atom. The van der Waals surface area contributed by atoms with Crippen LogP contribution in [-0.2, 0) is 4.74 Å². The lowest BCUT2D eigenvalue weighted by molar-refractivity contribution is -0.118. The van der Waals surface area contributed by atoms with Crippen LogP contribution in [-0.4, -0.2) is 36.5 Å². The maximum absolute atomic E-state index is 9.31. The van der Waals surface area contributed by atoms with Crippen LogP contribution in [0.25, 0.3) is 0 Å². The van der Waals surface area contributed by atoms with Crippen molar-refractivity contribution in [3.63, 3.8) is 0 Å². The minimum atomic E-state index is 0.179. The van der Waals surface area contributed by atoms with Gasteiger partial charge in [0.15, 0.2) is 0 Å². The Hall–Kier alpha value is -0.120. The Balaban J connectivity index is 2.46. The molecule has 0 radical (unpaired) electrons. The molecule has 1 saturated carbocycles. The lowest BCUT2D eigenvalue weighted by Gasteiger charge is -2.53. The molecule has 0 aliphatic heterocycles. The lowest BCUT2D eigenvalue weighted by Crippen LogP contribution is -2.63. The topological polar surface area (TPSA) is 41.5 Å². The molecule has 96 valence electrons. The van der Waals surface area contributed by atoms with E-state index < -0.39 is 0 Å². The fourth-order valence-corrected chi connectivity index (χ4v) is 2.37. The van der Waals surface area contributed by atoms with Crippen molar-refractivity contribution in [3.05, 3.63) is 0 Å². The number of nitrogens with one attached hydrogen (secondary N) is 1. The Morgan fingerprint density at radius 3 is 2.44 bits per heavy atom. The number of rotatable bonds is 6. The van der Waals surface area contributed by atoms with Gasteiger partial charge in [-0.1, -0.05) is 27.7 Å². The Labute approximate surface area is 99.6 Å². The van der Waals surface area contributed by atoms with Gasteiger partial charge in [-0.25, -0.2) is 0 Å². The maximum Gasteiger partial charge on any atom is 0.0655 e. The van der Waals surface area contributed by atoms with E-state index in [0.717, 1.165) is 13.0 Å².